The lowest BCUT2D eigenvalue weighted by molar-refractivity contribution is 0.0683. The maximum atomic E-state index is 12.9. The lowest BCUT2D eigenvalue weighted by Gasteiger charge is -2.28. The quantitative estimate of drug-likeness (QED) is 0.889. The highest BCUT2D eigenvalue weighted by Gasteiger charge is 2.28. The van der Waals surface area contributed by atoms with Gasteiger partial charge in [-0.25, -0.2) is 0 Å². The van der Waals surface area contributed by atoms with Crippen molar-refractivity contribution in [2.75, 3.05) is 6.54 Å². The van der Waals surface area contributed by atoms with Gasteiger partial charge < -0.3 is 15.1 Å². The Balaban J connectivity index is 1.73. The van der Waals surface area contributed by atoms with E-state index in [4.69, 9.17) is 10.2 Å². The zero-order chi connectivity index (χ0) is 16.1. The van der Waals surface area contributed by atoms with E-state index in [0.717, 1.165) is 25.8 Å². The number of hydrogen-bond donors (Lipinski definition) is 1. The fraction of sp³-hybridized carbons (Fsp3) is 0.421. The van der Waals surface area contributed by atoms with Gasteiger partial charge in [0.1, 0.15) is 12.0 Å². The van der Waals surface area contributed by atoms with E-state index >= 15 is 0 Å². The Morgan fingerprint density at radius 1 is 1.22 bits per heavy atom. The Morgan fingerprint density at radius 3 is 2.61 bits per heavy atom. The van der Waals surface area contributed by atoms with Crippen molar-refractivity contribution in [1.82, 2.24) is 4.90 Å². The van der Waals surface area contributed by atoms with Crippen LogP contribution in [0.25, 0.3) is 0 Å². The first-order valence-electron chi connectivity index (χ1n) is 8.40. The van der Waals surface area contributed by atoms with Crippen molar-refractivity contribution >= 4 is 5.91 Å². The van der Waals surface area contributed by atoms with Crippen molar-refractivity contribution in [3.8, 4) is 0 Å². The van der Waals surface area contributed by atoms with Crippen molar-refractivity contribution in [2.45, 2.75) is 44.7 Å². The molecule has 122 valence electrons. The van der Waals surface area contributed by atoms with E-state index in [-0.39, 0.29) is 5.91 Å². The number of carbonyl (C=O) groups is 1. The molecule has 0 spiro atoms. The Bertz CT molecular complexity index is 630. The third kappa shape index (κ3) is 3.82. The number of nitrogens with two attached hydrogens (primary N) is 1. The maximum Gasteiger partial charge on any atom is 0.257 e. The van der Waals surface area contributed by atoms with Crippen molar-refractivity contribution in [2.24, 2.45) is 5.73 Å². The highest BCUT2D eigenvalue weighted by atomic mass is 16.3. The summed E-state index contributed by atoms with van der Waals surface area (Å²) in [5, 5.41) is 0. The van der Waals surface area contributed by atoms with Crippen LogP contribution in [0.1, 0.15) is 47.4 Å². The predicted octanol–water partition coefficient (Wildman–Crippen LogP) is 3.37. The summed E-state index contributed by atoms with van der Waals surface area (Å²) in [7, 11) is 0. The largest absolute Gasteiger partial charge is 0.467 e. The van der Waals surface area contributed by atoms with Gasteiger partial charge >= 0.3 is 0 Å². The van der Waals surface area contributed by atoms with Gasteiger partial charge in [-0.3, -0.25) is 4.79 Å². The molecular formula is C19H24N2O2. The Hall–Kier alpha value is -2.07. The van der Waals surface area contributed by atoms with Crippen molar-refractivity contribution in [3.63, 3.8) is 0 Å². The molecule has 1 saturated carbocycles. The van der Waals surface area contributed by atoms with E-state index in [1.54, 1.807) is 6.07 Å². The molecule has 0 saturated heterocycles. The highest BCUT2D eigenvalue weighted by molar-refractivity contribution is 5.94. The molecule has 0 unspecified atom stereocenters. The SMILES string of the molecule is NCc1cc(C(=O)N(CCc2ccccc2)C2CCCC2)co1. The van der Waals surface area contributed by atoms with Gasteiger partial charge in [-0.05, 0) is 30.9 Å². The van der Waals surface area contributed by atoms with Gasteiger partial charge in [-0.2, -0.15) is 0 Å². The molecule has 0 bridgehead atoms. The van der Waals surface area contributed by atoms with Crippen LogP contribution in [0.15, 0.2) is 47.1 Å². The third-order valence-electron chi connectivity index (χ3n) is 4.61. The number of carbonyl (C=O) groups excluding carboxylic acids is 1. The average Bonchev–Trinajstić information content (AvgIpc) is 3.27. The van der Waals surface area contributed by atoms with Crippen molar-refractivity contribution < 1.29 is 9.21 Å². The van der Waals surface area contributed by atoms with Crippen molar-refractivity contribution in [3.05, 3.63) is 59.5 Å². The van der Waals surface area contributed by atoms with Crippen LogP contribution in [0, 0.1) is 0 Å². The van der Waals surface area contributed by atoms with Crippen LogP contribution in [-0.2, 0) is 13.0 Å². The molecule has 1 amide bonds. The Kier molecular flexibility index (Phi) is 5.13. The second kappa shape index (κ2) is 7.47. The number of rotatable bonds is 6. The average molecular weight is 312 g/mol. The second-order valence-electron chi connectivity index (χ2n) is 6.18. The first-order chi connectivity index (χ1) is 11.3. The summed E-state index contributed by atoms with van der Waals surface area (Å²) >= 11 is 0. The summed E-state index contributed by atoms with van der Waals surface area (Å²) in [6.45, 7) is 1.07. The van der Waals surface area contributed by atoms with Crippen LogP contribution in [0.4, 0.5) is 0 Å². The second-order valence-corrected chi connectivity index (χ2v) is 6.18. The van der Waals surface area contributed by atoms with Gasteiger partial charge in [0.2, 0.25) is 0 Å². The molecule has 1 aliphatic carbocycles. The molecule has 2 aromatic rings. The minimum absolute atomic E-state index is 0.0660. The monoisotopic (exact) mass is 312 g/mol. The van der Waals surface area contributed by atoms with E-state index in [1.807, 2.05) is 23.1 Å². The molecular weight excluding hydrogens is 288 g/mol. The molecule has 0 radical (unpaired) electrons. The fourth-order valence-electron chi connectivity index (χ4n) is 3.33. The zero-order valence-electron chi connectivity index (χ0n) is 13.4. The summed E-state index contributed by atoms with van der Waals surface area (Å²) in [4.78, 5) is 14.9. The van der Waals surface area contributed by atoms with Gasteiger partial charge in [-0.15, -0.1) is 0 Å². The summed E-state index contributed by atoms with van der Waals surface area (Å²) in [5.41, 5.74) is 7.46. The van der Waals surface area contributed by atoms with Gasteiger partial charge in [0.25, 0.3) is 5.91 Å². The molecule has 1 aliphatic rings. The maximum absolute atomic E-state index is 12.9. The molecule has 4 nitrogen and oxygen atoms in total. The van der Waals surface area contributed by atoms with Crippen LogP contribution in [0.5, 0.6) is 0 Å². The topological polar surface area (TPSA) is 59.5 Å². The fourth-order valence-corrected chi connectivity index (χ4v) is 3.33. The minimum atomic E-state index is 0.0660. The number of benzene rings is 1. The van der Waals surface area contributed by atoms with Gasteiger partial charge in [0.15, 0.2) is 0 Å². The molecule has 1 fully saturated rings. The van der Waals surface area contributed by atoms with E-state index in [9.17, 15) is 4.79 Å². The lowest BCUT2D eigenvalue weighted by Crippen LogP contribution is -2.40. The first kappa shape index (κ1) is 15.8. The number of nitrogens with zero attached hydrogens (tertiary/aromatic N) is 1. The Labute approximate surface area is 137 Å². The van der Waals surface area contributed by atoms with E-state index in [1.165, 1.54) is 24.7 Å². The first-order valence-corrected chi connectivity index (χ1v) is 8.40. The summed E-state index contributed by atoms with van der Waals surface area (Å²) < 4.78 is 5.34. The smallest absolute Gasteiger partial charge is 0.257 e. The van der Waals surface area contributed by atoms with Gasteiger partial charge in [-0.1, -0.05) is 43.2 Å². The number of furan rings is 1. The molecule has 4 heteroatoms. The van der Waals surface area contributed by atoms with Crippen LogP contribution in [-0.4, -0.2) is 23.4 Å². The third-order valence-corrected chi connectivity index (χ3v) is 4.61. The van der Waals surface area contributed by atoms with E-state index in [2.05, 4.69) is 12.1 Å². The normalized spacial score (nSPS) is 15.0. The number of hydrogen-bond acceptors (Lipinski definition) is 3. The van der Waals surface area contributed by atoms with E-state index < -0.39 is 0 Å². The molecule has 1 heterocycles. The Morgan fingerprint density at radius 2 is 1.96 bits per heavy atom. The molecule has 1 aromatic heterocycles. The van der Waals surface area contributed by atoms with Crippen LogP contribution in [0.3, 0.4) is 0 Å². The molecule has 3 rings (SSSR count). The zero-order valence-corrected chi connectivity index (χ0v) is 13.4. The molecule has 0 aliphatic heterocycles. The molecule has 2 N–H and O–H groups in total. The van der Waals surface area contributed by atoms with Crippen molar-refractivity contribution in [1.29, 1.82) is 0 Å². The number of amides is 1. The highest BCUT2D eigenvalue weighted by Crippen LogP contribution is 2.25. The van der Waals surface area contributed by atoms with Crippen LogP contribution < -0.4 is 5.73 Å². The summed E-state index contributed by atoms with van der Waals surface area (Å²) in [6, 6.07) is 12.4. The standard InChI is InChI=1S/C19H24N2O2/c20-13-18-12-16(14-23-18)19(22)21(17-8-4-5-9-17)11-10-15-6-2-1-3-7-15/h1-3,6-7,12,14,17H,4-5,8-11,13,20H2. The van der Waals surface area contributed by atoms with Gasteiger partial charge in [0.05, 0.1) is 12.1 Å². The van der Waals surface area contributed by atoms with E-state index in [0.29, 0.717) is 23.9 Å². The minimum Gasteiger partial charge on any atom is -0.467 e. The summed E-state index contributed by atoms with van der Waals surface area (Å²) in [6.07, 6.45) is 7.03. The molecule has 1 aromatic carbocycles. The summed E-state index contributed by atoms with van der Waals surface area (Å²) in [5.74, 6) is 0.721. The van der Waals surface area contributed by atoms with Crippen LogP contribution >= 0.6 is 0 Å². The van der Waals surface area contributed by atoms with Gasteiger partial charge in [0, 0.05) is 12.6 Å². The van der Waals surface area contributed by atoms with Crippen LogP contribution in [0.2, 0.25) is 0 Å². The molecule has 0 atom stereocenters. The predicted molar refractivity (Wildman–Crippen MR) is 90.0 cm³/mol. The lowest BCUT2D eigenvalue weighted by atomic mass is 10.1. The molecule has 23 heavy (non-hydrogen) atoms.